The van der Waals surface area contributed by atoms with Crippen LogP contribution in [0.25, 0.3) is 10.4 Å². The first-order valence-corrected chi connectivity index (χ1v) is 5.97. The summed E-state index contributed by atoms with van der Waals surface area (Å²) >= 11 is 0. The van der Waals surface area contributed by atoms with E-state index in [2.05, 4.69) is 10.0 Å². The van der Waals surface area contributed by atoms with Gasteiger partial charge in [-0.15, -0.1) is 0 Å². The molecule has 1 fully saturated rings. The van der Waals surface area contributed by atoms with E-state index in [1.165, 1.54) is 21.0 Å². The van der Waals surface area contributed by atoms with Gasteiger partial charge in [0.2, 0.25) is 0 Å². The molecule has 112 valence electrons. The molecule has 9 heteroatoms. The predicted molar refractivity (Wildman–Crippen MR) is 65.4 cm³/mol. The minimum Gasteiger partial charge on any atom is -0.459 e. The van der Waals surface area contributed by atoms with Gasteiger partial charge in [-0.2, -0.15) is 0 Å². The van der Waals surface area contributed by atoms with Crippen molar-refractivity contribution < 1.29 is 28.5 Å². The van der Waals surface area contributed by atoms with Crippen molar-refractivity contribution in [1.29, 1.82) is 0 Å². The number of carbonyl (C=O) groups excluding carboxylic acids is 2. The number of hydrogen-bond donors (Lipinski definition) is 0. The molecular weight excluding hydrogens is 270 g/mol. The van der Waals surface area contributed by atoms with E-state index in [1.807, 2.05) is 0 Å². The van der Waals surface area contributed by atoms with Crippen LogP contribution in [0.15, 0.2) is 5.11 Å². The molecule has 1 aliphatic heterocycles. The van der Waals surface area contributed by atoms with Crippen molar-refractivity contribution in [2.24, 2.45) is 5.11 Å². The Hall–Kier alpha value is -1.83. The molecule has 0 spiro atoms. The third-order valence-electron chi connectivity index (χ3n) is 2.77. The third kappa shape index (κ3) is 3.83. The quantitative estimate of drug-likeness (QED) is 0.328. The molecule has 1 aliphatic rings. The molecule has 5 atom stereocenters. The van der Waals surface area contributed by atoms with Crippen molar-refractivity contribution in [3.63, 3.8) is 0 Å². The predicted octanol–water partition coefficient (Wildman–Crippen LogP) is 0.920. The Labute approximate surface area is 115 Å². The third-order valence-corrected chi connectivity index (χ3v) is 2.77. The second-order valence-corrected chi connectivity index (χ2v) is 4.29. The maximum atomic E-state index is 11.2. The number of rotatable bonds is 4. The molecule has 20 heavy (non-hydrogen) atoms. The first kappa shape index (κ1) is 16.2. The van der Waals surface area contributed by atoms with Gasteiger partial charge in [-0.1, -0.05) is 5.11 Å². The lowest BCUT2D eigenvalue weighted by Crippen LogP contribution is -2.58. The van der Waals surface area contributed by atoms with Crippen molar-refractivity contribution in [3.05, 3.63) is 10.4 Å². The van der Waals surface area contributed by atoms with Gasteiger partial charge in [0.25, 0.3) is 0 Å². The average Bonchev–Trinajstić information content (AvgIpc) is 2.35. The van der Waals surface area contributed by atoms with E-state index in [9.17, 15) is 9.59 Å². The molecular formula is C11H17N3O6. The topological polar surface area (TPSA) is 120 Å². The lowest BCUT2D eigenvalue weighted by Gasteiger charge is -2.42. The smallest absolute Gasteiger partial charge is 0.303 e. The zero-order chi connectivity index (χ0) is 15.3. The lowest BCUT2D eigenvalue weighted by molar-refractivity contribution is -0.266. The van der Waals surface area contributed by atoms with Gasteiger partial charge in [-0.25, -0.2) is 0 Å². The molecule has 0 aliphatic carbocycles. The van der Waals surface area contributed by atoms with Crippen molar-refractivity contribution in [2.75, 3.05) is 7.11 Å². The SMILES string of the molecule is CO[C@@H]1O[C@H](C)[C@@H](OC(C)=O)[C@H](N=[N+]=[N-])[C@H]1OC(C)=O. The van der Waals surface area contributed by atoms with E-state index in [1.54, 1.807) is 6.92 Å². The summed E-state index contributed by atoms with van der Waals surface area (Å²) in [5, 5.41) is 3.57. The number of ether oxygens (including phenoxy) is 4. The molecule has 0 aromatic heterocycles. The molecule has 0 radical (unpaired) electrons. The number of carbonyl (C=O) groups is 2. The van der Waals surface area contributed by atoms with Crippen LogP contribution in [0.1, 0.15) is 20.8 Å². The summed E-state index contributed by atoms with van der Waals surface area (Å²) in [4.78, 5) is 25.0. The molecule has 1 rings (SSSR count). The van der Waals surface area contributed by atoms with Crippen molar-refractivity contribution in [3.8, 4) is 0 Å². The van der Waals surface area contributed by atoms with Crippen LogP contribution >= 0.6 is 0 Å². The van der Waals surface area contributed by atoms with Crippen LogP contribution in [-0.4, -0.2) is 49.7 Å². The Morgan fingerprint density at radius 2 is 1.75 bits per heavy atom. The van der Waals surface area contributed by atoms with Crippen molar-refractivity contribution in [2.45, 2.75) is 51.4 Å². The number of nitrogens with zero attached hydrogens (tertiary/aromatic N) is 3. The highest BCUT2D eigenvalue weighted by atomic mass is 16.7. The normalized spacial score (nSPS) is 32.9. The van der Waals surface area contributed by atoms with Crippen LogP contribution < -0.4 is 0 Å². The minimum atomic E-state index is -0.992. The molecule has 9 nitrogen and oxygen atoms in total. The molecule has 0 unspecified atom stereocenters. The summed E-state index contributed by atoms with van der Waals surface area (Å²) in [6.45, 7) is 4.07. The highest BCUT2D eigenvalue weighted by Crippen LogP contribution is 2.28. The van der Waals surface area contributed by atoms with Gasteiger partial charge in [0.15, 0.2) is 12.4 Å². The van der Waals surface area contributed by atoms with E-state index in [-0.39, 0.29) is 0 Å². The van der Waals surface area contributed by atoms with Gasteiger partial charge < -0.3 is 18.9 Å². The summed E-state index contributed by atoms with van der Waals surface area (Å²) < 4.78 is 20.7. The Morgan fingerprint density at radius 1 is 1.20 bits per heavy atom. The van der Waals surface area contributed by atoms with Gasteiger partial charge in [0.1, 0.15) is 12.1 Å². The Bertz CT molecular complexity index is 422. The molecule has 0 bridgehead atoms. The van der Waals surface area contributed by atoms with Gasteiger partial charge in [-0.3, -0.25) is 9.59 Å². The second kappa shape index (κ2) is 7.09. The second-order valence-electron chi connectivity index (χ2n) is 4.29. The minimum absolute atomic E-state index is 0.555. The van der Waals surface area contributed by atoms with Crippen LogP contribution in [-0.2, 0) is 28.5 Å². The Morgan fingerprint density at radius 3 is 2.20 bits per heavy atom. The lowest BCUT2D eigenvalue weighted by atomic mass is 9.97. The number of methoxy groups -OCH3 is 1. The van der Waals surface area contributed by atoms with Crippen LogP contribution in [0.3, 0.4) is 0 Å². The maximum absolute atomic E-state index is 11.2. The number of hydrogen-bond acceptors (Lipinski definition) is 7. The van der Waals surface area contributed by atoms with Gasteiger partial charge in [0.05, 0.1) is 6.10 Å². The number of azide groups is 1. The molecule has 0 saturated carbocycles. The van der Waals surface area contributed by atoms with Crippen molar-refractivity contribution in [1.82, 2.24) is 0 Å². The first-order valence-electron chi connectivity index (χ1n) is 5.97. The zero-order valence-electron chi connectivity index (χ0n) is 11.7. The van der Waals surface area contributed by atoms with Gasteiger partial charge in [-0.05, 0) is 12.5 Å². The molecule has 1 saturated heterocycles. The molecule has 0 amide bonds. The molecule has 0 aromatic rings. The fraction of sp³-hybridized carbons (Fsp3) is 0.818. The van der Waals surface area contributed by atoms with Crippen LogP contribution in [0.5, 0.6) is 0 Å². The fourth-order valence-electron chi connectivity index (χ4n) is 2.05. The molecule has 1 heterocycles. The van der Waals surface area contributed by atoms with E-state index in [4.69, 9.17) is 24.5 Å². The van der Waals surface area contributed by atoms with E-state index in [0.717, 1.165) is 0 Å². The van der Waals surface area contributed by atoms with Crippen LogP contribution in [0, 0.1) is 0 Å². The summed E-state index contributed by atoms with van der Waals surface area (Å²) in [5.74, 6) is -1.14. The largest absolute Gasteiger partial charge is 0.459 e. The molecule has 0 N–H and O–H groups in total. The van der Waals surface area contributed by atoms with Gasteiger partial charge >= 0.3 is 11.9 Å². The van der Waals surface area contributed by atoms with E-state index < -0.39 is 42.6 Å². The Balaban J connectivity index is 3.08. The summed E-state index contributed by atoms with van der Waals surface area (Å²) in [7, 11) is 1.37. The molecule has 0 aromatic carbocycles. The fourth-order valence-corrected chi connectivity index (χ4v) is 2.05. The van der Waals surface area contributed by atoms with E-state index in [0.29, 0.717) is 0 Å². The summed E-state index contributed by atoms with van der Waals surface area (Å²) in [6, 6.07) is -0.929. The maximum Gasteiger partial charge on any atom is 0.303 e. The number of esters is 2. The standard InChI is InChI=1S/C11H17N3O6/c1-5-9(19-6(2)15)8(13-14-12)10(20-7(3)16)11(17-4)18-5/h5,8-11H,1-4H3/t5-,8+,9-,10-,11-/m1/s1. The van der Waals surface area contributed by atoms with Crippen molar-refractivity contribution >= 4 is 11.9 Å². The average molecular weight is 287 g/mol. The Kier molecular flexibility index (Phi) is 5.75. The van der Waals surface area contributed by atoms with Crippen LogP contribution in [0.4, 0.5) is 0 Å². The summed E-state index contributed by atoms with van der Waals surface area (Å²) in [5.41, 5.74) is 8.66. The highest BCUT2D eigenvalue weighted by molar-refractivity contribution is 5.67. The zero-order valence-corrected chi connectivity index (χ0v) is 11.7. The first-order chi connectivity index (χ1) is 9.40. The highest BCUT2D eigenvalue weighted by Gasteiger charge is 2.48. The van der Waals surface area contributed by atoms with Crippen LogP contribution in [0.2, 0.25) is 0 Å². The monoisotopic (exact) mass is 287 g/mol. The van der Waals surface area contributed by atoms with E-state index >= 15 is 0 Å². The summed E-state index contributed by atoms with van der Waals surface area (Å²) in [6.07, 6.45) is -3.34. The van der Waals surface area contributed by atoms with Gasteiger partial charge in [0, 0.05) is 25.9 Å².